The van der Waals surface area contributed by atoms with Gasteiger partial charge in [-0.3, -0.25) is 4.79 Å². The van der Waals surface area contributed by atoms with Gasteiger partial charge in [-0.2, -0.15) is 0 Å². The highest BCUT2D eigenvalue weighted by Crippen LogP contribution is 2.52. The van der Waals surface area contributed by atoms with Crippen LogP contribution in [0.2, 0.25) is 0 Å². The number of rotatable bonds is 4. The summed E-state index contributed by atoms with van der Waals surface area (Å²) in [6.07, 6.45) is 1.59. The van der Waals surface area contributed by atoms with Gasteiger partial charge in [0.15, 0.2) is 0 Å². The largest absolute Gasteiger partial charge is 0.391 e. The van der Waals surface area contributed by atoms with Gasteiger partial charge in [0.25, 0.3) is 0 Å². The fraction of sp³-hybridized carbons (Fsp3) is 0.667. The first-order valence-electron chi connectivity index (χ1n) is 9.74. The van der Waals surface area contributed by atoms with Crippen molar-refractivity contribution in [1.29, 1.82) is 0 Å². The van der Waals surface area contributed by atoms with Crippen molar-refractivity contribution in [3.05, 3.63) is 34.9 Å². The van der Waals surface area contributed by atoms with Gasteiger partial charge < -0.3 is 20.1 Å². The van der Waals surface area contributed by atoms with Crippen molar-refractivity contribution in [2.45, 2.75) is 64.5 Å². The van der Waals surface area contributed by atoms with Crippen molar-refractivity contribution in [1.82, 2.24) is 10.2 Å². The topological polar surface area (TPSA) is 61.8 Å². The van der Waals surface area contributed by atoms with Gasteiger partial charge in [-0.05, 0) is 42.5 Å². The van der Waals surface area contributed by atoms with Gasteiger partial charge in [-0.15, -0.1) is 0 Å². The average molecular weight is 358 g/mol. The van der Waals surface area contributed by atoms with E-state index in [1.54, 1.807) is 0 Å². The quantitative estimate of drug-likeness (QED) is 0.862. The number of likely N-dealkylation sites (tertiary alicyclic amines) is 1. The fourth-order valence-corrected chi connectivity index (χ4v) is 5.77. The number of carbonyl (C=O) groups is 1. The molecule has 26 heavy (non-hydrogen) atoms. The molecule has 1 saturated heterocycles. The second-order valence-electron chi connectivity index (χ2n) is 8.89. The van der Waals surface area contributed by atoms with Gasteiger partial charge in [0.2, 0.25) is 5.91 Å². The molecule has 2 aliphatic heterocycles. The van der Waals surface area contributed by atoms with Crippen LogP contribution in [-0.2, 0) is 29.2 Å². The van der Waals surface area contributed by atoms with Gasteiger partial charge in [-0.25, -0.2) is 0 Å². The summed E-state index contributed by atoms with van der Waals surface area (Å²) in [5.41, 5.74) is 3.58. The van der Waals surface area contributed by atoms with Crippen LogP contribution in [0.15, 0.2) is 18.2 Å². The normalized spacial score (nSPS) is 33.5. The van der Waals surface area contributed by atoms with Gasteiger partial charge in [0.05, 0.1) is 31.8 Å². The summed E-state index contributed by atoms with van der Waals surface area (Å²) in [5, 5.41) is 13.7. The fourth-order valence-electron chi connectivity index (χ4n) is 5.77. The van der Waals surface area contributed by atoms with Crippen molar-refractivity contribution >= 4 is 5.91 Å². The highest BCUT2D eigenvalue weighted by molar-refractivity contribution is 5.79. The Bertz CT molecular complexity index is 700. The van der Waals surface area contributed by atoms with Gasteiger partial charge in [0.1, 0.15) is 0 Å². The predicted octanol–water partition coefficient (Wildman–Crippen LogP) is 1.86. The third-order valence-electron chi connectivity index (χ3n) is 6.50. The standard InChI is InChI=1S/C21H30N2O3/c1-13(2)20-21(12-23(20)3)8-17(18(24)9-21)22-19(25)7-14-4-5-15-10-26-11-16(15)6-14/h4-6,13,17-18,20,24H,7-12H2,1-3H3,(H,22,25)/t17-,18-,20?,21?/m1/s1. The highest BCUT2D eigenvalue weighted by atomic mass is 16.5. The van der Waals surface area contributed by atoms with Crippen molar-refractivity contribution in [2.75, 3.05) is 13.6 Å². The molecule has 1 aromatic rings. The van der Waals surface area contributed by atoms with Crippen LogP contribution in [0.25, 0.3) is 0 Å². The SMILES string of the molecule is CC(C)C1N(C)CC12C[C@@H](O)[C@H](NC(=O)Cc1ccc3c(c1)COC3)C2. The number of nitrogens with one attached hydrogen (secondary N) is 1. The minimum atomic E-state index is -0.442. The molecule has 2 heterocycles. The Morgan fingerprint density at radius 1 is 1.35 bits per heavy atom. The first-order chi connectivity index (χ1) is 12.4. The molecule has 2 N–H and O–H groups in total. The minimum Gasteiger partial charge on any atom is -0.391 e. The van der Waals surface area contributed by atoms with Crippen LogP contribution in [0.4, 0.5) is 0 Å². The Kier molecular flexibility index (Phi) is 4.58. The molecule has 0 aromatic heterocycles. The Balaban J connectivity index is 1.37. The Morgan fingerprint density at radius 2 is 2.12 bits per heavy atom. The molecule has 0 radical (unpaired) electrons. The number of ether oxygens (including phenoxy) is 1. The number of hydrogen-bond donors (Lipinski definition) is 2. The van der Waals surface area contributed by atoms with Crippen molar-refractivity contribution in [3.63, 3.8) is 0 Å². The molecule has 142 valence electrons. The smallest absolute Gasteiger partial charge is 0.224 e. The summed E-state index contributed by atoms with van der Waals surface area (Å²) < 4.78 is 5.44. The number of aliphatic hydroxyl groups excluding tert-OH is 1. The summed E-state index contributed by atoms with van der Waals surface area (Å²) in [6, 6.07) is 6.51. The number of benzene rings is 1. The lowest BCUT2D eigenvalue weighted by Crippen LogP contribution is -2.64. The molecule has 2 unspecified atom stereocenters. The Morgan fingerprint density at radius 3 is 2.85 bits per heavy atom. The molecule has 1 amide bonds. The predicted molar refractivity (Wildman–Crippen MR) is 99.5 cm³/mol. The lowest BCUT2D eigenvalue weighted by Gasteiger charge is -2.57. The van der Waals surface area contributed by atoms with E-state index < -0.39 is 6.10 Å². The maximum absolute atomic E-state index is 12.5. The second kappa shape index (κ2) is 6.63. The molecule has 1 aromatic carbocycles. The Labute approximate surface area is 155 Å². The van der Waals surface area contributed by atoms with Crippen LogP contribution in [0, 0.1) is 11.3 Å². The van der Waals surface area contributed by atoms with E-state index in [9.17, 15) is 9.90 Å². The average Bonchev–Trinajstić information content (AvgIpc) is 3.11. The molecule has 4 atom stereocenters. The van der Waals surface area contributed by atoms with E-state index in [4.69, 9.17) is 4.74 Å². The van der Waals surface area contributed by atoms with Crippen molar-refractivity contribution in [2.24, 2.45) is 11.3 Å². The van der Waals surface area contributed by atoms with E-state index in [0.717, 1.165) is 24.9 Å². The summed E-state index contributed by atoms with van der Waals surface area (Å²) in [5.74, 6) is 0.558. The van der Waals surface area contributed by atoms with Crippen LogP contribution < -0.4 is 5.32 Å². The molecule has 3 aliphatic rings. The third kappa shape index (κ3) is 3.06. The number of amides is 1. The number of hydrogen-bond acceptors (Lipinski definition) is 4. The summed E-state index contributed by atoms with van der Waals surface area (Å²) in [6.45, 7) is 6.82. The maximum atomic E-state index is 12.5. The maximum Gasteiger partial charge on any atom is 0.224 e. The van der Waals surface area contributed by atoms with Gasteiger partial charge in [-0.1, -0.05) is 32.0 Å². The highest BCUT2D eigenvalue weighted by Gasteiger charge is 2.58. The lowest BCUT2D eigenvalue weighted by molar-refractivity contribution is -0.121. The van der Waals surface area contributed by atoms with E-state index in [0.29, 0.717) is 31.6 Å². The summed E-state index contributed by atoms with van der Waals surface area (Å²) in [4.78, 5) is 14.9. The number of carbonyl (C=O) groups excluding carboxylic acids is 1. The molecule has 1 spiro atoms. The lowest BCUT2D eigenvalue weighted by atomic mass is 9.66. The molecule has 4 rings (SSSR count). The van der Waals surface area contributed by atoms with Gasteiger partial charge >= 0.3 is 0 Å². The van der Waals surface area contributed by atoms with Crippen LogP contribution in [-0.4, -0.2) is 47.7 Å². The van der Waals surface area contributed by atoms with E-state index in [1.165, 1.54) is 11.1 Å². The summed E-state index contributed by atoms with van der Waals surface area (Å²) >= 11 is 0. The van der Waals surface area contributed by atoms with Crippen molar-refractivity contribution in [3.8, 4) is 0 Å². The van der Waals surface area contributed by atoms with Gasteiger partial charge in [0, 0.05) is 18.0 Å². The van der Waals surface area contributed by atoms with Crippen LogP contribution >= 0.6 is 0 Å². The molecule has 2 fully saturated rings. The molecule has 0 bridgehead atoms. The first-order valence-corrected chi connectivity index (χ1v) is 9.74. The minimum absolute atomic E-state index is 0.00117. The van der Waals surface area contributed by atoms with E-state index in [-0.39, 0.29) is 17.4 Å². The number of aliphatic hydroxyl groups is 1. The zero-order chi connectivity index (χ0) is 18.5. The zero-order valence-corrected chi connectivity index (χ0v) is 16.0. The first kappa shape index (κ1) is 18.0. The molecule has 5 nitrogen and oxygen atoms in total. The number of nitrogens with zero attached hydrogens (tertiary/aromatic N) is 1. The molecule has 1 saturated carbocycles. The monoisotopic (exact) mass is 358 g/mol. The molecule has 5 heteroatoms. The van der Waals surface area contributed by atoms with E-state index >= 15 is 0 Å². The van der Waals surface area contributed by atoms with Crippen molar-refractivity contribution < 1.29 is 14.6 Å². The van der Waals surface area contributed by atoms with Crippen LogP contribution in [0.3, 0.4) is 0 Å². The second-order valence-corrected chi connectivity index (χ2v) is 8.89. The Hall–Kier alpha value is -1.43. The molecular weight excluding hydrogens is 328 g/mol. The zero-order valence-electron chi connectivity index (χ0n) is 16.0. The van der Waals surface area contributed by atoms with E-state index in [2.05, 4.69) is 43.2 Å². The van der Waals surface area contributed by atoms with E-state index in [1.807, 2.05) is 6.07 Å². The van der Waals surface area contributed by atoms with Crippen LogP contribution in [0.5, 0.6) is 0 Å². The number of fused-ring (bicyclic) bond motifs is 1. The third-order valence-corrected chi connectivity index (χ3v) is 6.50. The summed E-state index contributed by atoms with van der Waals surface area (Å²) in [7, 11) is 2.16. The molecule has 1 aliphatic carbocycles. The van der Waals surface area contributed by atoms with Crippen LogP contribution in [0.1, 0.15) is 43.4 Å². The molecular formula is C21H30N2O3.